The van der Waals surface area contributed by atoms with Crippen molar-refractivity contribution in [2.75, 3.05) is 13.1 Å². The zero-order valence-corrected chi connectivity index (χ0v) is 13.5. The van der Waals surface area contributed by atoms with E-state index in [2.05, 4.69) is 0 Å². The number of nitrogens with zero attached hydrogens (tertiary/aromatic N) is 1. The fourth-order valence-electron chi connectivity index (χ4n) is 2.69. The van der Waals surface area contributed by atoms with Gasteiger partial charge in [-0.3, -0.25) is 4.79 Å². The van der Waals surface area contributed by atoms with Gasteiger partial charge >= 0.3 is 0 Å². The molecule has 3 nitrogen and oxygen atoms in total. The molecule has 5 heteroatoms. The average molecular weight is 330 g/mol. The predicted molar refractivity (Wildman–Crippen MR) is 90.6 cm³/mol. The van der Waals surface area contributed by atoms with Crippen LogP contribution >= 0.6 is 11.8 Å². The lowest BCUT2D eigenvalue weighted by Gasteiger charge is -2.23. The fourth-order valence-corrected chi connectivity index (χ4v) is 3.80. The molecule has 0 bridgehead atoms. The summed E-state index contributed by atoms with van der Waals surface area (Å²) in [4.78, 5) is 15.6. The molecular weight excluding hydrogens is 311 g/mol. The number of thioether (sulfide) groups is 1. The summed E-state index contributed by atoms with van der Waals surface area (Å²) in [7, 11) is 0. The predicted octanol–water partition coefficient (Wildman–Crippen LogP) is 3.22. The third-order valence-corrected chi connectivity index (χ3v) is 5.18. The maximum atomic E-state index is 13.1. The molecule has 2 aromatic rings. The normalized spacial score (nSPS) is 18.9. The third-order valence-electron chi connectivity index (χ3n) is 3.93. The smallest absolute Gasteiger partial charge is 0.240 e. The zero-order chi connectivity index (χ0) is 16.2. The number of amides is 1. The Balaban J connectivity index is 1.84. The Morgan fingerprint density at radius 1 is 1.17 bits per heavy atom. The van der Waals surface area contributed by atoms with Crippen molar-refractivity contribution in [3.05, 3.63) is 66.0 Å². The molecule has 1 saturated heterocycles. The van der Waals surface area contributed by atoms with Gasteiger partial charge in [-0.1, -0.05) is 30.3 Å². The molecule has 2 aromatic carbocycles. The molecule has 3 rings (SSSR count). The molecule has 120 valence electrons. The minimum Gasteiger partial charge on any atom is -0.340 e. The van der Waals surface area contributed by atoms with Gasteiger partial charge in [0, 0.05) is 24.0 Å². The SMILES string of the molecule is N[C@@H]1CCN(C(=O)C(Sc2ccc(F)cc2)c2ccccc2)C1. The number of hydrogen-bond acceptors (Lipinski definition) is 3. The van der Waals surface area contributed by atoms with Gasteiger partial charge in [-0.15, -0.1) is 11.8 Å². The molecule has 1 aliphatic heterocycles. The largest absolute Gasteiger partial charge is 0.340 e. The molecule has 23 heavy (non-hydrogen) atoms. The van der Waals surface area contributed by atoms with E-state index >= 15 is 0 Å². The molecule has 1 amide bonds. The monoisotopic (exact) mass is 330 g/mol. The summed E-state index contributed by atoms with van der Waals surface area (Å²) in [6.07, 6.45) is 0.842. The van der Waals surface area contributed by atoms with Crippen LogP contribution in [-0.4, -0.2) is 29.9 Å². The van der Waals surface area contributed by atoms with Crippen molar-refractivity contribution in [3.63, 3.8) is 0 Å². The molecular formula is C18H19FN2OS. The highest BCUT2D eigenvalue weighted by atomic mass is 32.2. The van der Waals surface area contributed by atoms with Gasteiger partial charge in [-0.2, -0.15) is 0 Å². The van der Waals surface area contributed by atoms with Crippen molar-refractivity contribution in [2.24, 2.45) is 5.73 Å². The average Bonchev–Trinajstić information content (AvgIpc) is 3.01. The molecule has 0 saturated carbocycles. The summed E-state index contributed by atoms with van der Waals surface area (Å²) in [6.45, 7) is 1.31. The van der Waals surface area contributed by atoms with E-state index in [1.54, 1.807) is 12.1 Å². The number of benzene rings is 2. The first kappa shape index (κ1) is 16.0. The van der Waals surface area contributed by atoms with Crippen LogP contribution in [0.25, 0.3) is 0 Å². The number of rotatable bonds is 4. The molecule has 1 aliphatic rings. The maximum absolute atomic E-state index is 13.1. The number of hydrogen-bond donors (Lipinski definition) is 1. The summed E-state index contributed by atoms with van der Waals surface area (Å²) in [6, 6.07) is 16.0. The van der Waals surface area contributed by atoms with Crippen molar-refractivity contribution >= 4 is 17.7 Å². The minimum atomic E-state index is -0.341. The Morgan fingerprint density at radius 3 is 2.48 bits per heavy atom. The molecule has 1 fully saturated rings. The second-order valence-corrected chi connectivity index (χ2v) is 6.87. The molecule has 0 spiro atoms. The highest BCUT2D eigenvalue weighted by Crippen LogP contribution is 2.37. The number of nitrogens with two attached hydrogens (primary N) is 1. The van der Waals surface area contributed by atoms with E-state index < -0.39 is 0 Å². The van der Waals surface area contributed by atoms with Crippen molar-refractivity contribution < 1.29 is 9.18 Å². The molecule has 1 heterocycles. The summed E-state index contributed by atoms with van der Waals surface area (Å²) in [5.74, 6) is -0.207. The van der Waals surface area contributed by atoms with Crippen LogP contribution in [0.5, 0.6) is 0 Å². The molecule has 0 aliphatic carbocycles. The number of halogens is 1. The van der Waals surface area contributed by atoms with Gasteiger partial charge < -0.3 is 10.6 Å². The Labute approximate surface area is 139 Å². The highest BCUT2D eigenvalue weighted by Gasteiger charge is 2.31. The van der Waals surface area contributed by atoms with Crippen LogP contribution in [0.15, 0.2) is 59.5 Å². The third kappa shape index (κ3) is 3.92. The Bertz CT molecular complexity index is 662. The lowest BCUT2D eigenvalue weighted by atomic mass is 10.1. The van der Waals surface area contributed by atoms with E-state index in [9.17, 15) is 9.18 Å². The van der Waals surface area contributed by atoms with Gasteiger partial charge in [0.2, 0.25) is 5.91 Å². The first-order valence-corrected chi connectivity index (χ1v) is 8.53. The van der Waals surface area contributed by atoms with Crippen LogP contribution in [0.2, 0.25) is 0 Å². The minimum absolute atomic E-state index is 0.0613. The zero-order valence-electron chi connectivity index (χ0n) is 12.7. The maximum Gasteiger partial charge on any atom is 0.240 e. The van der Waals surface area contributed by atoms with Crippen LogP contribution in [-0.2, 0) is 4.79 Å². The number of likely N-dealkylation sites (tertiary alicyclic amines) is 1. The number of carbonyl (C=O) groups excluding carboxylic acids is 1. The van der Waals surface area contributed by atoms with Crippen LogP contribution in [0, 0.1) is 5.82 Å². The Morgan fingerprint density at radius 2 is 1.87 bits per heavy atom. The first-order chi connectivity index (χ1) is 11.1. The first-order valence-electron chi connectivity index (χ1n) is 7.65. The van der Waals surface area contributed by atoms with E-state index in [4.69, 9.17) is 5.73 Å². The van der Waals surface area contributed by atoms with Crippen LogP contribution in [0.3, 0.4) is 0 Å². The highest BCUT2D eigenvalue weighted by molar-refractivity contribution is 8.00. The van der Waals surface area contributed by atoms with Gasteiger partial charge in [0.15, 0.2) is 0 Å². The fraction of sp³-hybridized carbons (Fsp3) is 0.278. The quantitative estimate of drug-likeness (QED) is 0.876. The second kappa shape index (κ2) is 7.15. The molecule has 0 aromatic heterocycles. The van der Waals surface area contributed by atoms with Crippen LogP contribution < -0.4 is 5.73 Å². The Kier molecular flexibility index (Phi) is 4.98. The van der Waals surface area contributed by atoms with Gasteiger partial charge in [-0.05, 0) is 36.2 Å². The van der Waals surface area contributed by atoms with Gasteiger partial charge in [-0.25, -0.2) is 4.39 Å². The molecule has 0 radical (unpaired) electrons. The number of carbonyl (C=O) groups is 1. The summed E-state index contributed by atoms with van der Waals surface area (Å²) >= 11 is 1.45. The lowest BCUT2D eigenvalue weighted by Crippen LogP contribution is -2.34. The van der Waals surface area contributed by atoms with E-state index in [0.717, 1.165) is 16.9 Å². The van der Waals surface area contributed by atoms with Crippen molar-refractivity contribution in [2.45, 2.75) is 22.6 Å². The van der Waals surface area contributed by atoms with Crippen molar-refractivity contribution in [1.82, 2.24) is 4.90 Å². The molecule has 1 unspecified atom stereocenters. The molecule has 2 N–H and O–H groups in total. The van der Waals surface area contributed by atoms with Crippen LogP contribution in [0.1, 0.15) is 17.2 Å². The molecule has 2 atom stereocenters. The van der Waals surface area contributed by atoms with E-state index in [0.29, 0.717) is 13.1 Å². The van der Waals surface area contributed by atoms with Gasteiger partial charge in [0.1, 0.15) is 11.1 Å². The van der Waals surface area contributed by atoms with Crippen molar-refractivity contribution in [3.8, 4) is 0 Å². The van der Waals surface area contributed by atoms with E-state index in [-0.39, 0.29) is 23.0 Å². The van der Waals surface area contributed by atoms with Crippen LogP contribution in [0.4, 0.5) is 4.39 Å². The summed E-state index contributed by atoms with van der Waals surface area (Å²) in [5, 5.41) is -0.341. The van der Waals surface area contributed by atoms with Gasteiger partial charge in [0.05, 0.1) is 0 Å². The second-order valence-electron chi connectivity index (χ2n) is 5.70. The summed E-state index contributed by atoms with van der Waals surface area (Å²) < 4.78 is 13.1. The van der Waals surface area contributed by atoms with E-state index in [1.165, 1.54) is 23.9 Å². The standard InChI is InChI=1S/C18H19FN2OS/c19-14-6-8-16(9-7-14)23-17(13-4-2-1-3-5-13)18(22)21-11-10-15(20)12-21/h1-9,15,17H,10-12,20H2/t15-,17?/m1/s1. The topological polar surface area (TPSA) is 46.3 Å². The summed E-state index contributed by atoms with van der Waals surface area (Å²) in [5.41, 5.74) is 6.88. The van der Waals surface area contributed by atoms with Gasteiger partial charge in [0.25, 0.3) is 0 Å². The lowest BCUT2D eigenvalue weighted by molar-refractivity contribution is -0.129. The Hall–Kier alpha value is -1.85. The van der Waals surface area contributed by atoms with Crippen molar-refractivity contribution in [1.29, 1.82) is 0 Å². The van der Waals surface area contributed by atoms with E-state index in [1.807, 2.05) is 35.2 Å².